The van der Waals surface area contributed by atoms with E-state index >= 15 is 0 Å². The second kappa shape index (κ2) is 10.6. The van der Waals surface area contributed by atoms with Crippen LogP contribution in [0, 0.1) is 5.82 Å². The fourth-order valence-electron chi connectivity index (χ4n) is 2.39. The summed E-state index contributed by atoms with van der Waals surface area (Å²) in [6.07, 6.45) is 1.38. The molecule has 0 heterocycles. The minimum Gasteiger partial charge on any atom is -0.489 e. The van der Waals surface area contributed by atoms with E-state index in [1.54, 1.807) is 42.5 Å². The van der Waals surface area contributed by atoms with E-state index in [4.69, 9.17) is 27.9 Å². The van der Waals surface area contributed by atoms with Crippen molar-refractivity contribution in [2.45, 2.75) is 6.61 Å². The number of nitrogens with zero attached hydrogens (tertiary/aromatic N) is 1. The molecular formula is C22H16Cl2FN3O3. The summed E-state index contributed by atoms with van der Waals surface area (Å²) in [7, 11) is 0. The lowest BCUT2D eigenvalue weighted by Gasteiger charge is -2.08. The normalized spacial score (nSPS) is 10.7. The van der Waals surface area contributed by atoms with Gasteiger partial charge in [0.1, 0.15) is 18.2 Å². The number of hydrogen-bond acceptors (Lipinski definition) is 4. The summed E-state index contributed by atoms with van der Waals surface area (Å²) in [6, 6.07) is 17.1. The van der Waals surface area contributed by atoms with E-state index in [9.17, 15) is 14.0 Å². The van der Waals surface area contributed by atoms with E-state index in [0.29, 0.717) is 27.0 Å². The molecule has 3 aromatic carbocycles. The molecule has 0 unspecified atom stereocenters. The number of benzene rings is 3. The van der Waals surface area contributed by atoms with Crippen molar-refractivity contribution in [1.82, 2.24) is 5.43 Å². The molecule has 0 bridgehead atoms. The fraction of sp³-hybridized carbons (Fsp3) is 0.0455. The molecule has 0 aromatic heterocycles. The smallest absolute Gasteiger partial charge is 0.329 e. The van der Waals surface area contributed by atoms with Crippen LogP contribution < -0.4 is 15.5 Å². The van der Waals surface area contributed by atoms with Crippen LogP contribution in [0.3, 0.4) is 0 Å². The first-order valence-electron chi connectivity index (χ1n) is 8.97. The van der Waals surface area contributed by atoms with E-state index in [1.807, 2.05) is 0 Å². The van der Waals surface area contributed by atoms with E-state index in [0.717, 1.165) is 5.56 Å². The summed E-state index contributed by atoms with van der Waals surface area (Å²) in [5, 5.41) is 7.16. The molecule has 31 heavy (non-hydrogen) atoms. The van der Waals surface area contributed by atoms with Crippen LogP contribution in [0.5, 0.6) is 5.75 Å². The number of nitrogens with one attached hydrogen (secondary N) is 2. The number of ether oxygens (including phenoxy) is 1. The molecule has 0 saturated carbocycles. The Morgan fingerprint density at radius 2 is 1.68 bits per heavy atom. The monoisotopic (exact) mass is 459 g/mol. The Kier molecular flexibility index (Phi) is 7.59. The molecule has 0 aliphatic carbocycles. The highest BCUT2D eigenvalue weighted by atomic mass is 35.5. The number of carbonyl (C=O) groups excluding carboxylic acids is 2. The Bertz CT molecular complexity index is 1100. The maximum Gasteiger partial charge on any atom is 0.329 e. The lowest BCUT2D eigenvalue weighted by atomic mass is 10.2. The van der Waals surface area contributed by atoms with Crippen molar-refractivity contribution >= 4 is 46.9 Å². The van der Waals surface area contributed by atoms with Crippen LogP contribution in [0.1, 0.15) is 11.1 Å². The van der Waals surface area contributed by atoms with E-state index < -0.39 is 17.6 Å². The van der Waals surface area contributed by atoms with Gasteiger partial charge in [-0.2, -0.15) is 5.10 Å². The van der Waals surface area contributed by atoms with Crippen LogP contribution in [-0.2, 0) is 16.2 Å². The van der Waals surface area contributed by atoms with E-state index in [2.05, 4.69) is 15.8 Å². The number of amides is 2. The standard InChI is InChI=1S/C22H16Cl2FN3O3/c23-16-4-3-15(20(24)11-16)13-31-19-9-1-14(2-10-19)12-26-28-22(30)21(29)27-18-7-5-17(25)6-8-18/h1-12H,13H2,(H,27,29)(H,28,30)/b26-12-. The van der Waals surface area contributed by atoms with Crippen LogP contribution in [-0.4, -0.2) is 18.0 Å². The molecule has 0 radical (unpaired) electrons. The van der Waals surface area contributed by atoms with Crippen LogP contribution >= 0.6 is 23.2 Å². The summed E-state index contributed by atoms with van der Waals surface area (Å²) < 4.78 is 18.5. The summed E-state index contributed by atoms with van der Waals surface area (Å²) in [5.74, 6) is -1.71. The average molecular weight is 460 g/mol. The maximum absolute atomic E-state index is 12.9. The van der Waals surface area contributed by atoms with E-state index in [1.165, 1.54) is 30.5 Å². The van der Waals surface area contributed by atoms with Gasteiger partial charge >= 0.3 is 11.8 Å². The van der Waals surface area contributed by atoms with Crippen molar-refractivity contribution < 1.29 is 18.7 Å². The zero-order valence-electron chi connectivity index (χ0n) is 15.9. The summed E-state index contributed by atoms with van der Waals surface area (Å²) in [4.78, 5) is 23.6. The molecular weight excluding hydrogens is 444 g/mol. The largest absolute Gasteiger partial charge is 0.489 e. The van der Waals surface area contributed by atoms with Crippen molar-refractivity contribution in [3.63, 3.8) is 0 Å². The molecule has 2 N–H and O–H groups in total. The number of rotatable bonds is 6. The number of anilines is 1. The van der Waals surface area contributed by atoms with Gasteiger partial charge in [-0.3, -0.25) is 9.59 Å². The first-order valence-corrected chi connectivity index (χ1v) is 9.73. The van der Waals surface area contributed by atoms with Crippen molar-refractivity contribution in [3.8, 4) is 5.75 Å². The fourth-order valence-corrected chi connectivity index (χ4v) is 2.85. The predicted molar refractivity (Wildman–Crippen MR) is 118 cm³/mol. The molecule has 0 atom stereocenters. The Hall–Kier alpha value is -3.42. The third-order valence-corrected chi connectivity index (χ3v) is 4.56. The predicted octanol–water partition coefficient (Wildman–Crippen LogP) is 4.80. The molecule has 2 amide bonds. The second-order valence-corrected chi connectivity index (χ2v) is 7.10. The van der Waals surface area contributed by atoms with Crippen LogP contribution in [0.25, 0.3) is 0 Å². The number of carbonyl (C=O) groups is 2. The third-order valence-electron chi connectivity index (χ3n) is 3.98. The Morgan fingerprint density at radius 1 is 0.968 bits per heavy atom. The molecule has 9 heteroatoms. The molecule has 0 fully saturated rings. The van der Waals surface area contributed by atoms with Gasteiger partial charge in [0.15, 0.2) is 0 Å². The number of hydrazone groups is 1. The Morgan fingerprint density at radius 3 is 2.35 bits per heavy atom. The van der Waals surface area contributed by atoms with Gasteiger partial charge in [0.2, 0.25) is 0 Å². The average Bonchev–Trinajstić information content (AvgIpc) is 2.75. The minimum atomic E-state index is -0.958. The van der Waals surface area contributed by atoms with Gasteiger partial charge in [-0.25, -0.2) is 9.82 Å². The van der Waals surface area contributed by atoms with Crippen LogP contribution in [0.15, 0.2) is 71.8 Å². The Balaban J connectivity index is 1.48. The quantitative estimate of drug-likeness (QED) is 0.315. The lowest BCUT2D eigenvalue weighted by molar-refractivity contribution is -0.136. The third kappa shape index (κ3) is 6.80. The van der Waals surface area contributed by atoms with Crippen LogP contribution in [0.4, 0.5) is 10.1 Å². The van der Waals surface area contributed by atoms with Gasteiger partial charge in [0, 0.05) is 21.3 Å². The molecule has 0 saturated heterocycles. The highest BCUT2D eigenvalue weighted by Gasteiger charge is 2.12. The van der Waals surface area contributed by atoms with Gasteiger partial charge in [-0.15, -0.1) is 0 Å². The molecule has 3 aromatic rings. The summed E-state index contributed by atoms with van der Waals surface area (Å²) in [6.45, 7) is 0.280. The molecule has 6 nitrogen and oxygen atoms in total. The Labute approximate surface area is 187 Å². The molecule has 0 aliphatic rings. The second-order valence-electron chi connectivity index (χ2n) is 6.25. The van der Waals surface area contributed by atoms with Gasteiger partial charge in [0.25, 0.3) is 0 Å². The number of halogens is 3. The molecule has 0 spiro atoms. The highest BCUT2D eigenvalue weighted by molar-refractivity contribution is 6.39. The maximum atomic E-state index is 12.9. The number of hydrogen-bond donors (Lipinski definition) is 2. The molecule has 158 valence electrons. The first kappa shape index (κ1) is 22.3. The molecule has 3 rings (SSSR count). The highest BCUT2D eigenvalue weighted by Crippen LogP contribution is 2.22. The summed E-state index contributed by atoms with van der Waals surface area (Å²) in [5.41, 5.74) is 3.90. The SMILES string of the molecule is O=C(N/N=C\c1ccc(OCc2ccc(Cl)cc2Cl)cc1)C(=O)Nc1ccc(F)cc1. The van der Waals surface area contributed by atoms with Crippen molar-refractivity contribution in [1.29, 1.82) is 0 Å². The first-order chi connectivity index (χ1) is 14.9. The van der Waals surface area contributed by atoms with Gasteiger partial charge in [-0.1, -0.05) is 29.3 Å². The zero-order valence-corrected chi connectivity index (χ0v) is 17.5. The van der Waals surface area contributed by atoms with Crippen molar-refractivity contribution in [3.05, 3.63) is 93.7 Å². The van der Waals surface area contributed by atoms with Crippen molar-refractivity contribution in [2.75, 3.05) is 5.32 Å². The van der Waals surface area contributed by atoms with Crippen LogP contribution in [0.2, 0.25) is 10.0 Å². The van der Waals surface area contributed by atoms with Gasteiger partial charge in [-0.05, 0) is 66.2 Å². The zero-order chi connectivity index (χ0) is 22.2. The summed E-state index contributed by atoms with van der Waals surface area (Å²) >= 11 is 12.0. The van der Waals surface area contributed by atoms with E-state index in [-0.39, 0.29) is 6.61 Å². The van der Waals surface area contributed by atoms with Gasteiger partial charge < -0.3 is 10.1 Å². The van der Waals surface area contributed by atoms with Gasteiger partial charge in [0.05, 0.1) is 6.21 Å². The topological polar surface area (TPSA) is 79.8 Å². The molecule has 0 aliphatic heterocycles. The lowest BCUT2D eigenvalue weighted by Crippen LogP contribution is -2.32. The van der Waals surface area contributed by atoms with Crippen molar-refractivity contribution in [2.24, 2.45) is 5.10 Å². The minimum absolute atomic E-state index is 0.280.